The molecule has 0 spiro atoms. The Balaban J connectivity index is 1.89. The summed E-state index contributed by atoms with van der Waals surface area (Å²) in [4.78, 5) is 0. The van der Waals surface area contributed by atoms with Gasteiger partial charge in [0.25, 0.3) is 0 Å². The van der Waals surface area contributed by atoms with Crippen molar-refractivity contribution in [2.45, 2.75) is 0 Å². The van der Waals surface area contributed by atoms with Crippen LogP contribution in [0.5, 0.6) is 0 Å². The fourth-order valence-electron chi connectivity index (χ4n) is 4.06. The second-order valence-electron chi connectivity index (χ2n) is 6.90. The summed E-state index contributed by atoms with van der Waals surface area (Å²) in [6.45, 7) is 0. The quantitative estimate of drug-likeness (QED) is 0.352. The fraction of sp³-hybridized carbons (Fsp3) is 0. The molecule has 1 aliphatic carbocycles. The van der Waals surface area contributed by atoms with Crippen molar-refractivity contribution in [3.63, 3.8) is 0 Å². The van der Waals surface area contributed by atoms with Crippen LogP contribution in [0.25, 0.3) is 22.3 Å². The van der Waals surface area contributed by atoms with E-state index >= 15 is 0 Å². The number of benzene rings is 4. The summed E-state index contributed by atoms with van der Waals surface area (Å²) in [6.07, 6.45) is 0. The topological polar surface area (TPSA) is 23.8 Å². The number of fused-ring (bicyclic) bond motifs is 3. The van der Waals surface area contributed by atoms with Crippen LogP contribution in [0.2, 0.25) is 0 Å². The maximum Gasteiger partial charge on any atom is 0.0991 e. The first-order valence-corrected chi connectivity index (χ1v) is 9.36. The average molecular weight is 355 g/mol. The van der Waals surface area contributed by atoms with Crippen LogP contribution in [-0.2, 0) is 0 Å². The van der Waals surface area contributed by atoms with Crippen LogP contribution in [0.4, 0.5) is 0 Å². The van der Waals surface area contributed by atoms with Crippen LogP contribution >= 0.6 is 0 Å². The molecule has 1 nitrogen and oxygen atoms in total. The highest BCUT2D eigenvalue weighted by Crippen LogP contribution is 2.48. The van der Waals surface area contributed by atoms with Gasteiger partial charge in [0.15, 0.2) is 0 Å². The van der Waals surface area contributed by atoms with Gasteiger partial charge < -0.3 is 0 Å². The molecule has 0 unspecified atom stereocenters. The SMILES string of the molecule is N#Cc1ccc(C(=C2c3ccccc3-c3ccccc32)c2ccccc2)cc1. The maximum atomic E-state index is 9.19. The van der Waals surface area contributed by atoms with E-state index in [0.717, 1.165) is 5.56 Å². The number of nitrogens with zero attached hydrogens (tertiary/aromatic N) is 1. The molecule has 0 atom stereocenters. The van der Waals surface area contributed by atoms with Crippen molar-refractivity contribution in [2.75, 3.05) is 0 Å². The second kappa shape index (κ2) is 6.68. The van der Waals surface area contributed by atoms with Crippen molar-refractivity contribution in [1.82, 2.24) is 0 Å². The van der Waals surface area contributed by atoms with Crippen LogP contribution in [-0.4, -0.2) is 0 Å². The molecule has 4 aromatic carbocycles. The molecule has 1 heteroatoms. The van der Waals surface area contributed by atoms with Gasteiger partial charge in [-0.25, -0.2) is 0 Å². The molecule has 130 valence electrons. The summed E-state index contributed by atoms with van der Waals surface area (Å²) in [5, 5.41) is 9.19. The summed E-state index contributed by atoms with van der Waals surface area (Å²) in [7, 11) is 0. The predicted molar refractivity (Wildman–Crippen MR) is 114 cm³/mol. The fourth-order valence-corrected chi connectivity index (χ4v) is 4.06. The van der Waals surface area contributed by atoms with Gasteiger partial charge in [-0.15, -0.1) is 0 Å². The van der Waals surface area contributed by atoms with Gasteiger partial charge >= 0.3 is 0 Å². The van der Waals surface area contributed by atoms with E-state index < -0.39 is 0 Å². The first kappa shape index (κ1) is 16.3. The third-order valence-corrected chi connectivity index (χ3v) is 5.30. The smallest absolute Gasteiger partial charge is 0.0991 e. The third-order valence-electron chi connectivity index (χ3n) is 5.30. The first-order chi connectivity index (χ1) is 13.9. The number of rotatable bonds is 2. The van der Waals surface area contributed by atoms with Gasteiger partial charge in [0.2, 0.25) is 0 Å². The summed E-state index contributed by atoms with van der Waals surface area (Å²) >= 11 is 0. The Labute approximate surface area is 164 Å². The van der Waals surface area contributed by atoms with Crippen molar-refractivity contribution in [3.8, 4) is 17.2 Å². The molecule has 0 fully saturated rings. The molecule has 0 saturated carbocycles. The highest BCUT2D eigenvalue weighted by molar-refractivity contribution is 6.13. The standard InChI is InChI=1S/C27H17N/c28-18-19-14-16-21(17-15-19)26(20-8-2-1-3-9-20)27-24-12-6-4-10-22(24)23-11-5-7-13-25(23)27/h1-17H. The number of nitriles is 1. The third kappa shape index (κ3) is 2.55. The molecule has 0 heterocycles. The molecule has 0 saturated heterocycles. The van der Waals surface area contributed by atoms with Crippen molar-refractivity contribution in [1.29, 1.82) is 5.26 Å². The normalized spacial score (nSPS) is 11.5. The molecule has 28 heavy (non-hydrogen) atoms. The lowest BCUT2D eigenvalue weighted by molar-refractivity contribution is 1.47. The van der Waals surface area contributed by atoms with E-state index in [9.17, 15) is 5.26 Å². The minimum atomic E-state index is 0.674. The maximum absolute atomic E-state index is 9.19. The summed E-state index contributed by atoms with van der Waals surface area (Å²) in [5.41, 5.74) is 10.5. The highest BCUT2D eigenvalue weighted by Gasteiger charge is 2.26. The van der Waals surface area contributed by atoms with E-state index in [4.69, 9.17) is 0 Å². The number of hydrogen-bond donors (Lipinski definition) is 0. The monoisotopic (exact) mass is 355 g/mol. The molecule has 0 aromatic heterocycles. The van der Waals surface area contributed by atoms with E-state index in [0.29, 0.717) is 5.56 Å². The van der Waals surface area contributed by atoms with Gasteiger partial charge in [-0.1, -0.05) is 91.0 Å². The Morgan fingerprint density at radius 3 is 1.50 bits per heavy atom. The zero-order chi connectivity index (χ0) is 18.9. The minimum absolute atomic E-state index is 0.674. The van der Waals surface area contributed by atoms with Crippen LogP contribution in [0.3, 0.4) is 0 Å². The molecule has 0 radical (unpaired) electrons. The van der Waals surface area contributed by atoms with Crippen LogP contribution < -0.4 is 0 Å². The zero-order valence-electron chi connectivity index (χ0n) is 15.3. The highest BCUT2D eigenvalue weighted by atomic mass is 14.3. The van der Waals surface area contributed by atoms with Gasteiger partial charge in [-0.3, -0.25) is 0 Å². The largest absolute Gasteiger partial charge is 0.192 e. The van der Waals surface area contributed by atoms with E-state index in [-0.39, 0.29) is 0 Å². The molecule has 0 amide bonds. The Bertz CT molecular complexity index is 1190. The van der Waals surface area contributed by atoms with Gasteiger partial charge in [-0.2, -0.15) is 5.26 Å². The number of hydrogen-bond acceptors (Lipinski definition) is 1. The summed E-state index contributed by atoms with van der Waals surface area (Å²) < 4.78 is 0. The zero-order valence-corrected chi connectivity index (χ0v) is 15.3. The molecule has 5 rings (SSSR count). The summed E-state index contributed by atoms with van der Waals surface area (Å²) in [5.74, 6) is 0. The molecular formula is C27H17N. The molecule has 0 N–H and O–H groups in total. The Morgan fingerprint density at radius 2 is 0.964 bits per heavy atom. The van der Waals surface area contributed by atoms with Crippen molar-refractivity contribution >= 4 is 11.1 Å². The molecule has 0 bridgehead atoms. The minimum Gasteiger partial charge on any atom is -0.192 e. The van der Waals surface area contributed by atoms with Crippen molar-refractivity contribution < 1.29 is 0 Å². The Kier molecular flexibility index (Phi) is 3.89. The molecule has 0 aliphatic heterocycles. The van der Waals surface area contributed by atoms with Gasteiger partial charge in [0.05, 0.1) is 11.6 Å². The Morgan fingerprint density at radius 1 is 0.500 bits per heavy atom. The van der Waals surface area contributed by atoms with Crippen LogP contribution in [0.15, 0.2) is 103 Å². The average Bonchev–Trinajstić information content (AvgIpc) is 3.10. The predicted octanol–water partition coefficient (Wildman–Crippen LogP) is 6.55. The van der Waals surface area contributed by atoms with E-state index in [2.05, 4.69) is 91.0 Å². The van der Waals surface area contributed by atoms with Crippen molar-refractivity contribution in [3.05, 3.63) is 131 Å². The van der Waals surface area contributed by atoms with Gasteiger partial charge in [0, 0.05) is 0 Å². The Hall–Kier alpha value is -3.89. The first-order valence-electron chi connectivity index (χ1n) is 9.36. The van der Waals surface area contributed by atoms with Crippen LogP contribution in [0.1, 0.15) is 27.8 Å². The van der Waals surface area contributed by atoms with Gasteiger partial charge in [0.1, 0.15) is 0 Å². The lowest BCUT2D eigenvalue weighted by Gasteiger charge is -2.15. The second-order valence-corrected chi connectivity index (χ2v) is 6.90. The molecular weight excluding hydrogens is 338 g/mol. The molecule has 1 aliphatic rings. The summed E-state index contributed by atoms with van der Waals surface area (Å²) in [6, 6.07) is 37.8. The lowest BCUT2D eigenvalue weighted by Crippen LogP contribution is -1.94. The van der Waals surface area contributed by atoms with Gasteiger partial charge in [-0.05, 0) is 56.7 Å². The van der Waals surface area contributed by atoms with E-state index in [1.54, 1.807) is 0 Å². The lowest BCUT2D eigenvalue weighted by atomic mass is 9.88. The molecule has 4 aromatic rings. The van der Waals surface area contributed by atoms with E-state index in [1.165, 1.54) is 39.0 Å². The van der Waals surface area contributed by atoms with Crippen molar-refractivity contribution in [2.24, 2.45) is 0 Å². The van der Waals surface area contributed by atoms with Crippen LogP contribution in [0, 0.1) is 11.3 Å². The van der Waals surface area contributed by atoms with E-state index in [1.807, 2.05) is 18.2 Å².